The van der Waals surface area contributed by atoms with Crippen LogP contribution in [0.4, 0.5) is 0 Å². The normalized spacial score (nSPS) is 9.72. The van der Waals surface area contributed by atoms with E-state index in [0.29, 0.717) is 5.56 Å². The standard InChI is InChI=1S/C11H15BN2O4/c1-8-4-2-3-5-9(8)11(16)13-6-10(15)14-7-12(17)18/h2-5,17-18H,6-7H2,1H3,(H,13,16)(H,14,15). The summed E-state index contributed by atoms with van der Waals surface area (Å²) in [4.78, 5) is 22.9. The number of carbonyl (C=O) groups excluding carboxylic acids is 2. The monoisotopic (exact) mass is 250 g/mol. The fourth-order valence-corrected chi connectivity index (χ4v) is 1.35. The van der Waals surface area contributed by atoms with Gasteiger partial charge in [0.15, 0.2) is 0 Å². The number of aryl methyl sites for hydroxylation is 1. The highest BCUT2D eigenvalue weighted by molar-refractivity contribution is 6.41. The molecule has 0 aliphatic heterocycles. The van der Waals surface area contributed by atoms with Gasteiger partial charge in [0, 0.05) is 5.56 Å². The summed E-state index contributed by atoms with van der Waals surface area (Å²) in [5.41, 5.74) is 1.33. The van der Waals surface area contributed by atoms with E-state index < -0.39 is 13.0 Å². The van der Waals surface area contributed by atoms with Crippen LogP contribution in [-0.4, -0.2) is 42.0 Å². The first-order valence-electron chi connectivity index (χ1n) is 5.47. The Morgan fingerprint density at radius 3 is 2.50 bits per heavy atom. The Balaban J connectivity index is 2.42. The van der Waals surface area contributed by atoms with Gasteiger partial charge in [0.2, 0.25) is 5.91 Å². The SMILES string of the molecule is Cc1ccccc1C(=O)NCC(=O)NCB(O)O. The summed E-state index contributed by atoms with van der Waals surface area (Å²) in [6, 6.07) is 7.03. The number of nitrogens with one attached hydrogen (secondary N) is 2. The predicted molar refractivity (Wildman–Crippen MR) is 66.7 cm³/mol. The maximum Gasteiger partial charge on any atom is 0.472 e. The van der Waals surface area contributed by atoms with Crippen LogP contribution >= 0.6 is 0 Å². The Labute approximate surface area is 105 Å². The van der Waals surface area contributed by atoms with E-state index in [1.165, 1.54) is 0 Å². The Bertz CT molecular complexity index is 437. The third kappa shape index (κ3) is 4.56. The average molecular weight is 250 g/mol. The Morgan fingerprint density at radius 1 is 1.22 bits per heavy atom. The molecule has 0 aliphatic rings. The lowest BCUT2D eigenvalue weighted by Gasteiger charge is -2.08. The summed E-state index contributed by atoms with van der Waals surface area (Å²) in [6.07, 6.45) is -0.265. The summed E-state index contributed by atoms with van der Waals surface area (Å²) in [7, 11) is -1.60. The van der Waals surface area contributed by atoms with Gasteiger partial charge < -0.3 is 20.7 Å². The van der Waals surface area contributed by atoms with Crippen molar-refractivity contribution < 1.29 is 19.6 Å². The van der Waals surface area contributed by atoms with Crippen LogP contribution in [0, 0.1) is 6.92 Å². The average Bonchev–Trinajstić information content (AvgIpc) is 2.34. The molecule has 7 heteroatoms. The first-order chi connectivity index (χ1) is 8.50. The molecule has 0 saturated heterocycles. The number of amides is 2. The zero-order valence-electron chi connectivity index (χ0n) is 10.0. The third-order valence-electron chi connectivity index (χ3n) is 2.28. The van der Waals surface area contributed by atoms with Crippen molar-refractivity contribution in [3.8, 4) is 0 Å². The number of benzene rings is 1. The minimum Gasteiger partial charge on any atom is -0.426 e. The van der Waals surface area contributed by atoms with Crippen molar-refractivity contribution in [3.05, 3.63) is 35.4 Å². The minimum absolute atomic E-state index is 0.208. The smallest absolute Gasteiger partial charge is 0.426 e. The number of rotatable bonds is 5. The largest absolute Gasteiger partial charge is 0.472 e. The Hall–Kier alpha value is -1.86. The summed E-state index contributed by atoms with van der Waals surface area (Å²) in [6.45, 7) is 1.59. The van der Waals surface area contributed by atoms with E-state index in [9.17, 15) is 9.59 Å². The topological polar surface area (TPSA) is 98.7 Å². The molecule has 2 amide bonds. The van der Waals surface area contributed by atoms with Crippen molar-refractivity contribution in [1.82, 2.24) is 10.6 Å². The molecule has 0 heterocycles. The highest BCUT2D eigenvalue weighted by atomic mass is 16.4. The molecule has 6 nitrogen and oxygen atoms in total. The lowest BCUT2D eigenvalue weighted by Crippen LogP contribution is -2.41. The molecule has 0 aromatic heterocycles. The summed E-state index contributed by atoms with van der Waals surface area (Å²) in [5, 5.41) is 21.8. The second kappa shape index (κ2) is 6.78. The van der Waals surface area contributed by atoms with Gasteiger partial charge in [-0.05, 0) is 18.6 Å². The van der Waals surface area contributed by atoms with Crippen molar-refractivity contribution in [2.45, 2.75) is 6.92 Å². The lowest BCUT2D eigenvalue weighted by atomic mass is 9.92. The molecular weight excluding hydrogens is 235 g/mol. The van der Waals surface area contributed by atoms with E-state index >= 15 is 0 Å². The fourth-order valence-electron chi connectivity index (χ4n) is 1.35. The molecule has 0 fully saturated rings. The van der Waals surface area contributed by atoms with E-state index in [2.05, 4.69) is 10.6 Å². The van der Waals surface area contributed by atoms with E-state index in [0.717, 1.165) is 5.56 Å². The van der Waals surface area contributed by atoms with Crippen molar-refractivity contribution >= 4 is 18.9 Å². The van der Waals surface area contributed by atoms with Crippen LogP contribution in [0.5, 0.6) is 0 Å². The van der Waals surface area contributed by atoms with Gasteiger partial charge in [0.25, 0.3) is 5.91 Å². The van der Waals surface area contributed by atoms with Gasteiger partial charge in [0.05, 0.1) is 13.0 Å². The lowest BCUT2D eigenvalue weighted by molar-refractivity contribution is -0.119. The number of hydrogen-bond acceptors (Lipinski definition) is 4. The molecule has 0 aliphatic carbocycles. The molecule has 0 atom stereocenters. The number of hydrogen-bond donors (Lipinski definition) is 4. The summed E-state index contributed by atoms with van der Waals surface area (Å²) < 4.78 is 0. The predicted octanol–water partition coefficient (Wildman–Crippen LogP) is -1.15. The Kier molecular flexibility index (Phi) is 5.35. The quantitative estimate of drug-likeness (QED) is 0.496. The molecule has 0 radical (unpaired) electrons. The number of carbonyl (C=O) groups is 2. The molecule has 4 N–H and O–H groups in total. The van der Waals surface area contributed by atoms with Gasteiger partial charge >= 0.3 is 7.12 Å². The van der Waals surface area contributed by atoms with Crippen LogP contribution in [0.25, 0.3) is 0 Å². The van der Waals surface area contributed by atoms with Gasteiger partial charge in [0.1, 0.15) is 0 Å². The van der Waals surface area contributed by atoms with Gasteiger partial charge in [-0.1, -0.05) is 18.2 Å². The van der Waals surface area contributed by atoms with Gasteiger partial charge in [-0.3, -0.25) is 9.59 Å². The molecule has 0 unspecified atom stereocenters. The zero-order valence-corrected chi connectivity index (χ0v) is 10.0. The van der Waals surface area contributed by atoms with Gasteiger partial charge in [-0.2, -0.15) is 0 Å². The molecule has 1 aromatic rings. The highest BCUT2D eigenvalue weighted by Crippen LogP contribution is 2.05. The zero-order chi connectivity index (χ0) is 13.5. The van der Waals surface area contributed by atoms with Crippen molar-refractivity contribution in [1.29, 1.82) is 0 Å². The fraction of sp³-hybridized carbons (Fsp3) is 0.273. The van der Waals surface area contributed by atoms with E-state index in [1.54, 1.807) is 25.1 Å². The second-order valence-corrected chi connectivity index (χ2v) is 3.78. The van der Waals surface area contributed by atoms with Crippen molar-refractivity contribution in [3.63, 3.8) is 0 Å². The maximum absolute atomic E-state index is 11.7. The third-order valence-corrected chi connectivity index (χ3v) is 2.28. The molecule has 0 bridgehead atoms. The Morgan fingerprint density at radius 2 is 1.89 bits per heavy atom. The summed E-state index contributed by atoms with van der Waals surface area (Å²) in [5.74, 6) is -0.821. The van der Waals surface area contributed by atoms with Crippen LogP contribution in [0.15, 0.2) is 24.3 Å². The first kappa shape index (κ1) is 14.2. The van der Waals surface area contributed by atoms with Crippen LogP contribution in [0.1, 0.15) is 15.9 Å². The van der Waals surface area contributed by atoms with Crippen LogP contribution < -0.4 is 10.6 Å². The molecule has 0 saturated carbocycles. The van der Waals surface area contributed by atoms with Gasteiger partial charge in [-0.25, -0.2) is 0 Å². The van der Waals surface area contributed by atoms with Crippen molar-refractivity contribution in [2.24, 2.45) is 0 Å². The molecule has 96 valence electrons. The molecular formula is C11H15BN2O4. The van der Waals surface area contributed by atoms with Crippen LogP contribution in [-0.2, 0) is 4.79 Å². The van der Waals surface area contributed by atoms with Crippen LogP contribution in [0.2, 0.25) is 0 Å². The molecule has 18 heavy (non-hydrogen) atoms. The maximum atomic E-state index is 11.7. The minimum atomic E-state index is -1.60. The van der Waals surface area contributed by atoms with E-state index in [1.807, 2.05) is 6.07 Å². The van der Waals surface area contributed by atoms with E-state index in [4.69, 9.17) is 10.0 Å². The van der Waals surface area contributed by atoms with Crippen molar-refractivity contribution in [2.75, 3.05) is 13.0 Å². The first-order valence-corrected chi connectivity index (χ1v) is 5.47. The van der Waals surface area contributed by atoms with Gasteiger partial charge in [-0.15, -0.1) is 0 Å². The molecule has 0 spiro atoms. The molecule has 1 aromatic carbocycles. The summed E-state index contributed by atoms with van der Waals surface area (Å²) >= 11 is 0. The molecule has 1 rings (SSSR count). The second-order valence-electron chi connectivity index (χ2n) is 3.78. The van der Waals surface area contributed by atoms with Crippen LogP contribution in [0.3, 0.4) is 0 Å². The van der Waals surface area contributed by atoms with E-state index in [-0.39, 0.29) is 18.9 Å². The highest BCUT2D eigenvalue weighted by Gasteiger charge is 2.11.